The lowest BCUT2D eigenvalue weighted by atomic mass is 10.1. The first-order valence-electron chi connectivity index (χ1n) is 7.25. The van der Waals surface area contributed by atoms with E-state index in [2.05, 4.69) is 17.0 Å². The lowest BCUT2D eigenvalue weighted by Gasteiger charge is -2.14. The SMILES string of the molecule is OC1CCN(CCOCCc2ccc3occc3c2)C1. The van der Waals surface area contributed by atoms with E-state index in [0.717, 1.165) is 56.7 Å². The van der Waals surface area contributed by atoms with Gasteiger partial charge in [-0.2, -0.15) is 0 Å². The Bertz CT molecular complexity index is 551. The van der Waals surface area contributed by atoms with Crippen LogP contribution in [0.2, 0.25) is 0 Å². The Hall–Kier alpha value is -1.36. The van der Waals surface area contributed by atoms with Gasteiger partial charge >= 0.3 is 0 Å². The Morgan fingerprint density at radius 2 is 2.25 bits per heavy atom. The van der Waals surface area contributed by atoms with Gasteiger partial charge in [-0.1, -0.05) is 6.07 Å². The normalized spacial score (nSPS) is 19.9. The van der Waals surface area contributed by atoms with E-state index in [1.54, 1.807) is 6.26 Å². The zero-order valence-electron chi connectivity index (χ0n) is 11.6. The summed E-state index contributed by atoms with van der Waals surface area (Å²) in [7, 11) is 0. The predicted octanol–water partition coefficient (Wildman–Crippen LogP) is 2.06. The van der Waals surface area contributed by atoms with Gasteiger partial charge in [-0.15, -0.1) is 0 Å². The molecule has 0 bridgehead atoms. The van der Waals surface area contributed by atoms with Crippen molar-refractivity contribution in [1.29, 1.82) is 0 Å². The minimum Gasteiger partial charge on any atom is -0.464 e. The maximum Gasteiger partial charge on any atom is 0.133 e. The highest BCUT2D eigenvalue weighted by molar-refractivity contribution is 5.77. The Morgan fingerprint density at radius 3 is 3.10 bits per heavy atom. The molecule has 4 nitrogen and oxygen atoms in total. The summed E-state index contributed by atoms with van der Waals surface area (Å²) in [4.78, 5) is 2.25. The van der Waals surface area contributed by atoms with Crippen molar-refractivity contribution in [2.24, 2.45) is 0 Å². The van der Waals surface area contributed by atoms with Gasteiger partial charge < -0.3 is 14.3 Å². The van der Waals surface area contributed by atoms with Crippen LogP contribution in [-0.4, -0.2) is 49.0 Å². The maximum atomic E-state index is 9.43. The van der Waals surface area contributed by atoms with Crippen LogP contribution in [-0.2, 0) is 11.2 Å². The number of fused-ring (bicyclic) bond motifs is 1. The molecule has 1 aromatic carbocycles. The smallest absolute Gasteiger partial charge is 0.133 e. The lowest BCUT2D eigenvalue weighted by Crippen LogP contribution is -2.26. The van der Waals surface area contributed by atoms with Crippen molar-refractivity contribution >= 4 is 11.0 Å². The second-order valence-corrected chi connectivity index (χ2v) is 5.40. The molecule has 2 aromatic rings. The number of aliphatic hydroxyl groups is 1. The number of likely N-dealkylation sites (tertiary alicyclic amines) is 1. The summed E-state index contributed by atoms with van der Waals surface area (Å²) in [6, 6.07) is 8.24. The van der Waals surface area contributed by atoms with Crippen molar-refractivity contribution < 1.29 is 14.3 Å². The fourth-order valence-corrected chi connectivity index (χ4v) is 2.67. The molecule has 0 radical (unpaired) electrons. The molecular weight excluding hydrogens is 254 g/mol. The summed E-state index contributed by atoms with van der Waals surface area (Å²) in [6.07, 6.45) is 3.39. The topological polar surface area (TPSA) is 45.8 Å². The second-order valence-electron chi connectivity index (χ2n) is 5.40. The van der Waals surface area contributed by atoms with E-state index in [4.69, 9.17) is 9.15 Å². The van der Waals surface area contributed by atoms with Gasteiger partial charge in [0, 0.05) is 25.0 Å². The Balaban J connectivity index is 1.37. The first-order valence-corrected chi connectivity index (χ1v) is 7.25. The Labute approximate surface area is 118 Å². The van der Waals surface area contributed by atoms with Gasteiger partial charge in [0.25, 0.3) is 0 Å². The molecule has 1 aliphatic heterocycles. The first kappa shape index (κ1) is 13.6. The quantitative estimate of drug-likeness (QED) is 0.820. The van der Waals surface area contributed by atoms with Gasteiger partial charge in [-0.05, 0) is 36.6 Å². The minimum absolute atomic E-state index is 0.142. The molecule has 20 heavy (non-hydrogen) atoms. The van der Waals surface area contributed by atoms with Crippen LogP contribution in [0.1, 0.15) is 12.0 Å². The summed E-state index contributed by atoms with van der Waals surface area (Å²) in [5, 5.41) is 10.6. The largest absolute Gasteiger partial charge is 0.464 e. The molecule has 1 aromatic heterocycles. The summed E-state index contributed by atoms with van der Waals surface area (Å²) in [5.74, 6) is 0. The van der Waals surface area contributed by atoms with Crippen molar-refractivity contribution in [1.82, 2.24) is 4.90 Å². The van der Waals surface area contributed by atoms with Crippen LogP contribution in [0, 0.1) is 0 Å². The number of nitrogens with zero attached hydrogens (tertiary/aromatic N) is 1. The fraction of sp³-hybridized carbons (Fsp3) is 0.500. The summed E-state index contributed by atoms with van der Waals surface area (Å²) in [6.45, 7) is 4.17. The maximum absolute atomic E-state index is 9.43. The molecule has 0 aliphatic carbocycles. The van der Waals surface area contributed by atoms with Crippen molar-refractivity contribution in [2.45, 2.75) is 18.9 Å². The van der Waals surface area contributed by atoms with Crippen LogP contribution in [0.4, 0.5) is 0 Å². The van der Waals surface area contributed by atoms with Gasteiger partial charge in [0.05, 0.1) is 25.6 Å². The van der Waals surface area contributed by atoms with E-state index in [1.807, 2.05) is 12.1 Å². The summed E-state index contributed by atoms with van der Waals surface area (Å²) in [5.41, 5.74) is 2.21. The number of hydrogen-bond acceptors (Lipinski definition) is 4. The van der Waals surface area contributed by atoms with E-state index in [1.165, 1.54) is 5.56 Å². The monoisotopic (exact) mass is 275 g/mol. The molecule has 1 saturated heterocycles. The average molecular weight is 275 g/mol. The van der Waals surface area contributed by atoms with E-state index >= 15 is 0 Å². The van der Waals surface area contributed by atoms with Crippen molar-refractivity contribution in [3.8, 4) is 0 Å². The molecule has 0 amide bonds. The number of hydrogen-bond donors (Lipinski definition) is 1. The van der Waals surface area contributed by atoms with Gasteiger partial charge in [0.15, 0.2) is 0 Å². The van der Waals surface area contributed by atoms with Crippen LogP contribution < -0.4 is 0 Å². The summed E-state index contributed by atoms with van der Waals surface area (Å²) < 4.78 is 11.0. The molecule has 1 aliphatic rings. The van der Waals surface area contributed by atoms with Crippen molar-refractivity contribution in [3.63, 3.8) is 0 Å². The molecule has 4 heteroatoms. The van der Waals surface area contributed by atoms with Crippen LogP contribution in [0.25, 0.3) is 11.0 Å². The van der Waals surface area contributed by atoms with E-state index in [0.29, 0.717) is 0 Å². The highest BCUT2D eigenvalue weighted by Crippen LogP contribution is 2.17. The van der Waals surface area contributed by atoms with Gasteiger partial charge in [-0.3, -0.25) is 4.90 Å². The van der Waals surface area contributed by atoms with Gasteiger partial charge in [-0.25, -0.2) is 0 Å². The van der Waals surface area contributed by atoms with Crippen LogP contribution in [0.5, 0.6) is 0 Å². The average Bonchev–Trinajstić information content (AvgIpc) is 3.06. The molecule has 1 atom stereocenters. The Morgan fingerprint density at radius 1 is 1.30 bits per heavy atom. The minimum atomic E-state index is -0.142. The first-order chi connectivity index (χ1) is 9.81. The molecule has 3 rings (SSSR count). The van der Waals surface area contributed by atoms with Crippen molar-refractivity contribution in [3.05, 3.63) is 36.1 Å². The highest BCUT2D eigenvalue weighted by atomic mass is 16.5. The van der Waals surface area contributed by atoms with Crippen LogP contribution in [0.3, 0.4) is 0 Å². The number of benzene rings is 1. The zero-order chi connectivity index (χ0) is 13.8. The standard InChI is InChI=1S/C16H21NO3/c18-15-3-6-17(12-15)7-10-19-8-4-13-1-2-16-14(11-13)5-9-20-16/h1-2,5,9,11,15,18H,3-4,6-8,10,12H2. The van der Waals surface area contributed by atoms with Crippen LogP contribution in [0.15, 0.2) is 34.9 Å². The highest BCUT2D eigenvalue weighted by Gasteiger charge is 2.19. The molecule has 108 valence electrons. The van der Waals surface area contributed by atoms with Gasteiger partial charge in [0.2, 0.25) is 0 Å². The second kappa shape index (κ2) is 6.39. The van der Waals surface area contributed by atoms with Crippen molar-refractivity contribution in [2.75, 3.05) is 32.8 Å². The number of furan rings is 1. The molecule has 1 N–H and O–H groups in total. The Kier molecular flexibility index (Phi) is 4.35. The number of β-amino-alcohol motifs (C(OH)–C–C–N with tert-alkyl or cyclic N) is 1. The molecular formula is C16H21NO3. The third-order valence-electron chi connectivity index (χ3n) is 3.85. The molecule has 0 spiro atoms. The predicted molar refractivity (Wildman–Crippen MR) is 77.8 cm³/mol. The summed E-state index contributed by atoms with van der Waals surface area (Å²) >= 11 is 0. The number of rotatable bonds is 6. The van der Waals surface area contributed by atoms with Gasteiger partial charge in [0.1, 0.15) is 5.58 Å². The third kappa shape index (κ3) is 3.39. The molecule has 1 fully saturated rings. The fourth-order valence-electron chi connectivity index (χ4n) is 2.67. The van der Waals surface area contributed by atoms with E-state index in [9.17, 15) is 5.11 Å². The molecule has 1 unspecified atom stereocenters. The zero-order valence-corrected chi connectivity index (χ0v) is 11.6. The molecule has 2 heterocycles. The van der Waals surface area contributed by atoms with E-state index < -0.39 is 0 Å². The number of aliphatic hydroxyl groups excluding tert-OH is 1. The third-order valence-corrected chi connectivity index (χ3v) is 3.85. The molecule has 0 saturated carbocycles. The van der Waals surface area contributed by atoms with E-state index in [-0.39, 0.29) is 6.10 Å². The van der Waals surface area contributed by atoms with Crippen LogP contribution >= 0.6 is 0 Å². The lowest BCUT2D eigenvalue weighted by molar-refractivity contribution is 0.106. The number of ether oxygens (including phenoxy) is 1.